The normalized spacial score (nSPS) is 21.1. The molecular weight excluding hydrogens is 413 g/mol. The molecule has 156 valence electrons. The number of nitrogens with zero attached hydrogens (tertiary/aromatic N) is 1. The van der Waals surface area contributed by atoms with Crippen LogP contribution < -0.4 is 0 Å². The van der Waals surface area contributed by atoms with E-state index in [9.17, 15) is 19.4 Å². The van der Waals surface area contributed by atoms with Crippen LogP contribution in [0.1, 0.15) is 28.1 Å². The maximum atomic E-state index is 13.0. The highest BCUT2D eigenvalue weighted by Gasteiger charge is 2.30. The monoisotopic (exact) mass is 437 g/mol. The minimum Gasteiger partial charge on any atom is -0.477 e. The minimum absolute atomic E-state index is 0.0476. The lowest BCUT2D eigenvalue weighted by Crippen LogP contribution is -2.36. The lowest BCUT2D eigenvalue weighted by Gasteiger charge is -2.25. The van der Waals surface area contributed by atoms with Gasteiger partial charge >= 0.3 is 5.97 Å². The van der Waals surface area contributed by atoms with Gasteiger partial charge in [0, 0.05) is 24.8 Å². The van der Waals surface area contributed by atoms with Crippen molar-refractivity contribution in [2.75, 3.05) is 12.3 Å². The maximum Gasteiger partial charge on any atom is 0.345 e. The number of carboxylic acids is 1. The maximum absolute atomic E-state index is 13.0. The molecule has 1 aliphatic heterocycles. The van der Waals surface area contributed by atoms with E-state index in [1.165, 1.54) is 23.5 Å². The molecule has 1 unspecified atom stereocenters. The summed E-state index contributed by atoms with van der Waals surface area (Å²) >= 11 is 2.83. The third-order valence-corrected chi connectivity index (χ3v) is 7.11. The van der Waals surface area contributed by atoms with Crippen LogP contribution in [0.5, 0.6) is 0 Å². The summed E-state index contributed by atoms with van der Waals surface area (Å²) in [7, 11) is 0. The quantitative estimate of drug-likeness (QED) is 0.411. The second-order valence-electron chi connectivity index (χ2n) is 6.92. The molecule has 3 atom stereocenters. The Labute approximate surface area is 177 Å². The number of hydrogen-bond donors (Lipinski definition) is 3. The van der Waals surface area contributed by atoms with Gasteiger partial charge in [-0.3, -0.25) is 4.90 Å². The topological polar surface area (TPSA) is 81.0 Å². The van der Waals surface area contributed by atoms with Gasteiger partial charge in [-0.25, -0.2) is 9.18 Å². The Morgan fingerprint density at radius 3 is 2.72 bits per heavy atom. The molecule has 5 nitrogen and oxygen atoms in total. The van der Waals surface area contributed by atoms with Crippen molar-refractivity contribution < 1.29 is 24.5 Å². The molecule has 3 rings (SSSR count). The summed E-state index contributed by atoms with van der Waals surface area (Å²) in [5.74, 6) is -0.478. The smallest absolute Gasteiger partial charge is 0.345 e. The zero-order valence-electron chi connectivity index (χ0n) is 15.8. The van der Waals surface area contributed by atoms with Crippen LogP contribution >= 0.6 is 23.1 Å². The number of thiophene rings is 1. The van der Waals surface area contributed by atoms with E-state index >= 15 is 0 Å². The van der Waals surface area contributed by atoms with Crippen LogP contribution in [0.4, 0.5) is 4.39 Å². The highest BCUT2D eigenvalue weighted by Crippen LogP contribution is 2.29. The van der Waals surface area contributed by atoms with Crippen LogP contribution in [-0.4, -0.2) is 56.9 Å². The number of aliphatic hydroxyl groups is 2. The number of likely N-dealkylation sites (tertiary alicyclic amines) is 1. The van der Waals surface area contributed by atoms with E-state index in [2.05, 4.69) is 0 Å². The molecule has 0 bridgehead atoms. The first-order chi connectivity index (χ1) is 13.9. The van der Waals surface area contributed by atoms with Crippen LogP contribution in [0, 0.1) is 5.82 Å². The van der Waals surface area contributed by atoms with Crippen molar-refractivity contribution in [3.8, 4) is 0 Å². The predicted molar refractivity (Wildman–Crippen MR) is 113 cm³/mol. The number of benzene rings is 1. The van der Waals surface area contributed by atoms with E-state index in [1.54, 1.807) is 36.0 Å². The summed E-state index contributed by atoms with van der Waals surface area (Å²) in [4.78, 5) is 13.3. The van der Waals surface area contributed by atoms with Crippen LogP contribution in [0.15, 0.2) is 52.8 Å². The first kappa shape index (κ1) is 22.0. The van der Waals surface area contributed by atoms with Crippen molar-refractivity contribution in [1.82, 2.24) is 4.90 Å². The van der Waals surface area contributed by atoms with E-state index in [1.807, 2.05) is 17.0 Å². The lowest BCUT2D eigenvalue weighted by molar-refractivity contribution is 0.0307. The van der Waals surface area contributed by atoms with Crippen molar-refractivity contribution in [3.05, 3.63) is 64.8 Å². The fourth-order valence-electron chi connectivity index (χ4n) is 3.34. The molecule has 0 saturated carbocycles. The zero-order chi connectivity index (χ0) is 20.8. The number of halogens is 1. The van der Waals surface area contributed by atoms with E-state index in [-0.39, 0.29) is 11.9 Å². The zero-order valence-corrected chi connectivity index (χ0v) is 17.4. The van der Waals surface area contributed by atoms with Gasteiger partial charge in [0.05, 0.1) is 10.3 Å². The molecule has 1 saturated heterocycles. The molecule has 8 heteroatoms. The third-order valence-electron chi connectivity index (χ3n) is 4.83. The van der Waals surface area contributed by atoms with Gasteiger partial charge in [-0.2, -0.15) is 0 Å². The van der Waals surface area contributed by atoms with Crippen LogP contribution in [0.25, 0.3) is 0 Å². The Kier molecular flexibility index (Phi) is 7.85. The van der Waals surface area contributed by atoms with Crippen molar-refractivity contribution in [1.29, 1.82) is 0 Å². The summed E-state index contributed by atoms with van der Waals surface area (Å²) in [6.07, 6.45) is 4.39. The fourth-order valence-corrected chi connectivity index (χ4v) is 5.34. The summed E-state index contributed by atoms with van der Waals surface area (Å²) in [5.41, 5.74) is 0.861. The molecule has 2 aromatic rings. The predicted octanol–water partition coefficient (Wildman–Crippen LogP) is 3.62. The lowest BCUT2D eigenvalue weighted by atomic mass is 10.1. The molecule has 0 radical (unpaired) electrons. The van der Waals surface area contributed by atoms with Gasteiger partial charge in [-0.1, -0.05) is 24.3 Å². The molecule has 0 amide bonds. The second-order valence-corrected chi connectivity index (χ2v) is 9.40. The highest BCUT2D eigenvalue weighted by atomic mass is 32.2. The number of aromatic carboxylic acids is 1. The molecule has 3 N–H and O–H groups in total. The SMILES string of the molecule is O=C(O)c1ccc(SCCN2C(O)CC[C@@H]2/C=C/[C@@H](O)Cc2ccc(F)cc2)s1. The number of rotatable bonds is 9. The number of carboxylic acid groups (broad SMARTS) is 1. The molecule has 1 fully saturated rings. The Hall–Kier alpha value is -1.71. The Bertz CT molecular complexity index is 839. The Morgan fingerprint density at radius 1 is 1.28 bits per heavy atom. The largest absolute Gasteiger partial charge is 0.477 e. The minimum atomic E-state index is -0.916. The molecule has 0 spiro atoms. The summed E-state index contributed by atoms with van der Waals surface area (Å²) in [5, 5.41) is 29.5. The van der Waals surface area contributed by atoms with E-state index < -0.39 is 18.3 Å². The van der Waals surface area contributed by atoms with E-state index in [0.717, 1.165) is 21.9 Å². The number of aliphatic hydroxyl groups excluding tert-OH is 2. The summed E-state index contributed by atoms with van der Waals surface area (Å²) < 4.78 is 13.9. The molecule has 0 aliphatic carbocycles. The highest BCUT2D eigenvalue weighted by molar-refractivity contribution is 8.01. The number of carbonyl (C=O) groups is 1. The van der Waals surface area contributed by atoms with Crippen LogP contribution in [0.2, 0.25) is 0 Å². The Morgan fingerprint density at radius 2 is 2.03 bits per heavy atom. The van der Waals surface area contributed by atoms with Gasteiger partial charge < -0.3 is 15.3 Å². The van der Waals surface area contributed by atoms with Crippen molar-refractivity contribution in [2.45, 2.75) is 41.8 Å². The van der Waals surface area contributed by atoms with Crippen LogP contribution in [0.3, 0.4) is 0 Å². The van der Waals surface area contributed by atoms with Gasteiger partial charge in [0.1, 0.15) is 16.9 Å². The second kappa shape index (κ2) is 10.4. The summed E-state index contributed by atoms with van der Waals surface area (Å²) in [6.45, 7) is 0.662. The molecule has 1 aromatic heterocycles. The average molecular weight is 438 g/mol. The van der Waals surface area contributed by atoms with E-state index in [0.29, 0.717) is 24.3 Å². The summed E-state index contributed by atoms with van der Waals surface area (Å²) in [6, 6.07) is 9.55. The van der Waals surface area contributed by atoms with Crippen LogP contribution in [-0.2, 0) is 6.42 Å². The van der Waals surface area contributed by atoms with Crippen molar-refractivity contribution in [3.63, 3.8) is 0 Å². The van der Waals surface area contributed by atoms with Crippen molar-refractivity contribution >= 4 is 29.1 Å². The van der Waals surface area contributed by atoms with E-state index in [4.69, 9.17) is 5.11 Å². The van der Waals surface area contributed by atoms with Crippen molar-refractivity contribution in [2.24, 2.45) is 0 Å². The molecule has 1 aliphatic rings. The molecule has 29 heavy (non-hydrogen) atoms. The van der Waals surface area contributed by atoms with Gasteiger partial charge in [-0.15, -0.1) is 23.1 Å². The third kappa shape index (κ3) is 6.38. The molecule has 2 heterocycles. The first-order valence-corrected chi connectivity index (χ1v) is 11.2. The average Bonchev–Trinajstić information content (AvgIpc) is 3.30. The van der Waals surface area contributed by atoms with Gasteiger partial charge in [0.15, 0.2) is 0 Å². The van der Waals surface area contributed by atoms with Gasteiger partial charge in [-0.05, 0) is 42.7 Å². The number of thioether (sulfide) groups is 1. The first-order valence-electron chi connectivity index (χ1n) is 9.43. The van der Waals surface area contributed by atoms with Gasteiger partial charge in [0.25, 0.3) is 0 Å². The fraction of sp³-hybridized carbons (Fsp3) is 0.381. The van der Waals surface area contributed by atoms with Gasteiger partial charge in [0.2, 0.25) is 0 Å². The molecular formula is C21H24FNO4S2. The molecule has 1 aromatic carbocycles. The number of hydrogen-bond acceptors (Lipinski definition) is 6. The standard InChI is InChI=1S/C21H24FNO4S2/c22-15-3-1-14(2-4-15)13-17(24)7-5-16-6-9-19(25)23(16)11-12-28-20-10-8-18(29-20)21(26)27/h1-5,7-8,10,16-17,19,24-25H,6,9,11-13H2,(H,26,27)/b7-5+/t16-,17+,19?/m0/s1. The Balaban J connectivity index is 1.49.